The van der Waals surface area contributed by atoms with E-state index in [1.807, 2.05) is 13.0 Å². The van der Waals surface area contributed by atoms with Gasteiger partial charge in [-0.05, 0) is 43.3 Å². The van der Waals surface area contributed by atoms with Crippen LogP contribution in [0.4, 0.5) is 5.69 Å². The zero-order valence-corrected chi connectivity index (χ0v) is 13.9. The van der Waals surface area contributed by atoms with Crippen molar-refractivity contribution in [2.24, 2.45) is 0 Å². The first-order chi connectivity index (χ1) is 12.5. The number of hydrogen-bond donors (Lipinski definition) is 2. The van der Waals surface area contributed by atoms with Crippen LogP contribution in [0.2, 0.25) is 0 Å². The standard InChI is InChI=1S/C18H16N4O4/c1-12-8-9-20-21(12)15-4-2-13(3-5-15)18(24)19-11-14-10-16(22(25)26)6-7-17(14)23/h2-10,23H,11H2,1H3,(H,19,24). The van der Waals surface area contributed by atoms with Crippen LogP contribution in [0.15, 0.2) is 54.7 Å². The van der Waals surface area contributed by atoms with Gasteiger partial charge in [0.25, 0.3) is 11.6 Å². The van der Waals surface area contributed by atoms with Gasteiger partial charge in [0.05, 0.1) is 10.6 Å². The molecular weight excluding hydrogens is 336 g/mol. The van der Waals surface area contributed by atoms with Gasteiger partial charge in [0.15, 0.2) is 0 Å². The average molecular weight is 352 g/mol. The Morgan fingerprint density at radius 3 is 2.58 bits per heavy atom. The third kappa shape index (κ3) is 3.54. The molecule has 3 rings (SSSR count). The van der Waals surface area contributed by atoms with E-state index in [1.165, 1.54) is 18.2 Å². The molecule has 0 spiro atoms. The Hall–Kier alpha value is -3.68. The number of nitrogens with zero attached hydrogens (tertiary/aromatic N) is 3. The Labute approximate surface area is 148 Å². The minimum Gasteiger partial charge on any atom is -0.508 e. The second-order valence-electron chi connectivity index (χ2n) is 5.68. The molecule has 0 unspecified atom stereocenters. The molecule has 0 aliphatic heterocycles. The number of hydrogen-bond acceptors (Lipinski definition) is 5. The van der Waals surface area contributed by atoms with Gasteiger partial charge in [0, 0.05) is 41.7 Å². The second-order valence-corrected chi connectivity index (χ2v) is 5.68. The maximum Gasteiger partial charge on any atom is 0.270 e. The number of rotatable bonds is 5. The molecule has 3 aromatic rings. The molecule has 2 aromatic carbocycles. The minimum absolute atomic E-state index is 0.0215. The topological polar surface area (TPSA) is 110 Å². The summed E-state index contributed by atoms with van der Waals surface area (Å²) >= 11 is 0. The van der Waals surface area contributed by atoms with E-state index < -0.39 is 4.92 Å². The van der Waals surface area contributed by atoms with Crippen molar-refractivity contribution in [3.63, 3.8) is 0 Å². The number of nitro benzene ring substituents is 1. The molecule has 2 N–H and O–H groups in total. The fourth-order valence-electron chi connectivity index (χ4n) is 2.50. The summed E-state index contributed by atoms with van der Waals surface area (Å²) in [6.45, 7) is 1.91. The smallest absolute Gasteiger partial charge is 0.270 e. The van der Waals surface area contributed by atoms with Crippen molar-refractivity contribution >= 4 is 11.6 Å². The summed E-state index contributed by atoms with van der Waals surface area (Å²) in [5.41, 5.74) is 2.37. The number of amides is 1. The summed E-state index contributed by atoms with van der Waals surface area (Å²) < 4.78 is 1.75. The molecule has 132 valence electrons. The fraction of sp³-hybridized carbons (Fsp3) is 0.111. The summed E-state index contributed by atoms with van der Waals surface area (Å²) in [5, 5.41) is 27.4. The van der Waals surface area contributed by atoms with Crippen LogP contribution in [0.5, 0.6) is 5.75 Å². The van der Waals surface area contributed by atoms with Gasteiger partial charge < -0.3 is 10.4 Å². The summed E-state index contributed by atoms with van der Waals surface area (Å²) in [6, 6.07) is 12.4. The first kappa shape index (κ1) is 17.2. The Morgan fingerprint density at radius 2 is 1.96 bits per heavy atom. The predicted octanol–water partition coefficient (Wildman–Crippen LogP) is 2.72. The molecule has 0 fully saturated rings. The summed E-state index contributed by atoms with van der Waals surface area (Å²) in [6.07, 6.45) is 1.70. The molecule has 0 aliphatic rings. The lowest BCUT2D eigenvalue weighted by Crippen LogP contribution is -2.22. The molecule has 8 heteroatoms. The van der Waals surface area contributed by atoms with Crippen LogP contribution < -0.4 is 5.32 Å². The molecule has 0 saturated heterocycles. The third-order valence-electron chi connectivity index (χ3n) is 3.92. The lowest BCUT2D eigenvalue weighted by atomic mass is 10.1. The monoisotopic (exact) mass is 352 g/mol. The molecule has 0 atom stereocenters. The largest absolute Gasteiger partial charge is 0.508 e. The van der Waals surface area contributed by atoms with E-state index in [4.69, 9.17) is 0 Å². The number of nitrogens with one attached hydrogen (secondary N) is 1. The molecule has 0 bridgehead atoms. The molecule has 0 aliphatic carbocycles. The number of aromatic hydroxyl groups is 1. The molecule has 26 heavy (non-hydrogen) atoms. The zero-order chi connectivity index (χ0) is 18.7. The minimum atomic E-state index is -0.555. The number of benzene rings is 2. The average Bonchev–Trinajstić information content (AvgIpc) is 3.06. The first-order valence-corrected chi connectivity index (χ1v) is 7.81. The Kier molecular flexibility index (Phi) is 4.66. The molecule has 8 nitrogen and oxygen atoms in total. The van der Waals surface area contributed by atoms with E-state index in [1.54, 1.807) is 35.1 Å². The Morgan fingerprint density at radius 1 is 1.23 bits per heavy atom. The maximum absolute atomic E-state index is 12.3. The zero-order valence-electron chi connectivity index (χ0n) is 13.9. The van der Waals surface area contributed by atoms with Crippen LogP contribution in [0.3, 0.4) is 0 Å². The highest BCUT2D eigenvalue weighted by Gasteiger charge is 2.12. The van der Waals surface area contributed by atoms with Crippen molar-refractivity contribution in [2.75, 3.05) is 0 Å². The number of aromatic nitrogens is 2. The van der Waals surface area contributed by atoms with Crippen LogP contribution in [-0.4, -0.2) is 25.7 Å². The number of carbonyl (C=O) groups excluding carboxylic acids is 1. The lowest BCUT2D eigenvalue weighted by Gasteiger charge is -2.08. The van der Waals surface area contributed by atoms with Crippen LogP contribution in [-0.2, 0) is 6.54 Å². The highest BCUT2D eigenvalue weighted by Crippen LogP contribution is 2.22. The van der Waals surface area contributed by atoms with Crippen molar-refractivity contribution in [1.29, 1.82) is 0 Å². The highest BCUT2D eigenvalue weighted by atomic mass is 16.6. The molecule has 1 amide bonds. The third-order valence-corrected chi connectivity index (χ3v) is 3.92. The molecule has 0 saturated carbocycles. The van der Waals surface area contributed by atoms with Gasteiger partial charge in [-0.1, -0.05) is 0 Å². The van der Waals surface area contributed by atoms with Gasteiger partial charge >= 0.3 is 0 Å². The second kappa shape index (κ2) is 7.06. The van der Waals surface area contributed by atoms with Gasteiger partial charge in [0.2, 0.25) is 0 Å². The number of aryl methyl sites for hydroxylation is 1. The first-order valence-electron chi connectivity index (χ1n) is 7.81. The SMILES string of the molecule is Cc1ccnn1-c1ccc(C(=O)NCc2cc([N+](=O)[O-])ccc2O)cc1. The van der Waals surface area contributed by atoms with Crippen molar-refractivity contribution in [1.82, 2.24) is 15.1 Å². The molecule has 0 radical (unpaired) electrons. The van der Waals surface area contributed by atoms with E-state index in [0.717, 1.165) is 11.4 Å². The maximum atomic E-state index is 12.3. The predicted molar refractivity (Wildman–Crippen MR) is 94.2 cm³/mol. The van der Waals surface area contributed by atoms with Gasteiger partial charge in [-0.3, -0.25) is 14.9 Å². The van der Waals surface area contributed by atoms with Gasteiger partial charge in [0.1, 0.15) is 5.75 Å². The summed E-state index contributed by atoms with van der Waals surface area (Å²) in [4.78, 5) is 22.5. The normalized spacial score (nSPS) is 10.5. The Bertz CT molecular complexity index is 964. The summed E-state index contributed by atoms with van der Waals surface area (Å²) in [5.74, 6) is -0.458. The van der Waals surface area contributed by atoms with Gasteiger partial charge in [-0.15, -0.1) is 0 Å². The number of phenolic OH excluding ortho intramolecular Hbond substituents is 1. The van der Waals surface area contributed by atoms with Crippen molar-refractivity contribution in [3.8, 4) is 11.4 Å². The highest BCUT2D eigenvalue weighted by molar-refractivity contribution is 5.94. The number of carbonyl (C=O) groups is 1. The number of non-ortho nitro benzene ring substituents is 1. The van der Waals surface area contributed by atoms with Crippen LogP contribution in [0.1, 0.15) is 21.6 Å². The van der Waals surface area contributed by atoms with E-state index in [-0.39, 0.29) is 29.5 Å². The number of phenols is 1. The number of nitro groups is 1. The van der Waals surface area contributed by atoms with E-state index in [9.17, 15) is 20.0 Å². The van der Waals surface area contributed by atoms with Crippen LogP contribution in [0, 0.1) is 17.0 Å². The fourth-order valence-corrected chi connectivity index (χ4v) is 2.50. The van der Waals surface area contributed by atoms with Crippen molar-refractivity contribution in [2.45, 2.75) is 13.5 Å². The molecule has 1 aromatic heterocycles. The van der Waals surface area contributed by atoms with Crippen LogP contribution in [0.25, 0.3) is 5.69 Å². The van der Waals surface area contributed by atoms with Crippen molar-refractivity contribution < 1.29 is 14.8 Å². The Balaban J connectivity index is 1.70. The van der Waals surface area contributed by atoms with E-state index in [0.29, 0.717) is 5.56 Å². The van der Waals surface area contributed by atoms with E-state index in [2.05, 4.69) is 10.4 Å². The van der Waals surface area contributed by atoms with E-state index >= 15 is 0 Å². The van der Waals surface area contributed by atoms with Crippen molar-refractivity contribution in [3.05, 3.63) is 81.7 Å². The van der Waals surface area contributed by atoms with Gasteiger partial charge in [-0.25, -0.2) is 4.68 Å². The van der Waals surface area contributed by atoms with Crippen LogP contribution >= 0.6 is 0 Å². The summed E-state index contributed by atoms with van der Waals surface area (Å²) in [7, 11) is 0. The lowest BCUT2D eigenvalue weighted by molar-refractivity contribution is -0.384. The van der Waals surface area contributed by atoms with Gasteiger partial charge in [-0.2, -0.15) is 5.10 Å². The molecular formula is C18H16N4O4. The molecule has 1 heterocycles. The quantitative estimate of drug-likeness (QED) is 0.542.